The van der Waals surface area contributed by atoms with E-state index in [0.717, 1.165) is 5.69 Å². The van der Waals surface area contributed by atoms with Crippen LogP contribution in [0.1, 0.15) is 43.7 Å². The van der Waals surface area contributed by atoms with E-state index in [0.29, 0.717) is 39.1 Å². The second-order valence-electron chi connectivity index (χ2n) is 6.58. The van der Waals surface area contributed by atoms with Crippen molar-refractivity contribution in [3.05, 3.63) is 53.7 Å². The van der Waals surface area contributed by atoms with Crippen molar-refractivity contribution in [3.8, 4) is 22.6 Å². The number of nitrogens with zero attached hydrogens (tertiary/aromatic N) is 3. The summed E-state index contributed by atoms with van der Waals surface area (Å²) in [4.78, 5) is 23.6. The van der Waals surface area contributed by atoms with Gasteiger partial charge in [-0.2, -0.15) is 0 Å². The van der Waals surface area contributed by atoms with Gasteiger partial charge >= 0.3 is 0 Å². The van der Waals surface area contributed by atoms with Gasteiger partial charge in [-0.3, -0.25) is 4.79 Å². The molecule has 4 rings (SSSR count). The van der Waals surface area contributed by atoms with Crippen LogP contribution in [0, 0.1) is 12.7 Å². The highest BCUT2D eigenvalue weighted by Gasteiger charge is 2.17. The number of amides is 1. The average molecular weight is 439 g/mol. The van der Waals surface area contributed by atoms with Crippen molar-refractivity contribution in [1.82, 2.24) is 24.8 Å². The zero-order valence-corrected chi connectivity index (χ0v) is 19.7. The molecule has 0 saturated carbocycles. The predicted octanol–water partition coefficient (Wildman–Crippen LogP) is 5.07. The van der Waals surface area contributed by atoms with Crippen molar-refractivity contribution in [2.45, 2.75) is 34.6 Å². The molecule has 32 heavy (non-hydrogen) atoms. The van der Waals surface area contributed by atoms with Gasteiger partial charge in [0.25, 0.3) is 5.91 Å². The number of aryl methyl sites for hydroxylation is 1. The molecule has 1 amide bonds. The van der Waals surface area contributed by atoms with Crippen LogP contribution in [-0.4, -0.2) is 32.5 Å². The summed E-state index contributed by atoms with van der Waals surface area (Å²) in [5, 5.41) is 3.16. The summed E-state index contributed by atoms with van der Waals surface area (Å²) in [6, 6.07) is 6.65. The molecule has 4 N–H and O–H groups in total. The molecule has 0 fully saturated rings. The summed E-state index contributed by atoms with van der Waals surface area (Å²) in [7, 11) is 3.42. The van der Waals surface area contributed by atoms with Crippen LogP contribution in [0.5, 0.6) is 0 Å². The van der Waals surface area contributed by atoms with E-state index in [2.05, 4.69) is 20.3 Å². The molecule has 1 aromatic carbocycles. The van der Waals surface area contributed by atoms with Gasteiger partial charge in [0.05, 0.1) is 11.1 Å². The minimum Gasteiger partial charge on any atom is -0.382 e. The molecular weight excluding hydrogens is 407 g/mol. The molecule has 3 heterocycles. The number of carbonyl (C=O) groups excluding carboxylic acids is 1. The Bertz CT molecular complexity index is 1220. The normalized spacial score (nSPS) is 10.1. The summed E-state index contributed by atoms with van der Waals surface area (Å²) >= 11 is 0. The lowest BCUT2D eigenvalue weighted by Gasteiger charge is -2.06. The van der Waals surface area contributed by atoms with Gasteiger partial charge in [0, 0.05) is 54.4 Å². The third-order valence-corrected chi connectivity index (χ3v) is 4.91. The Labute approximate surface area is 187 Å². The number of carbonyl (C=O) groups is 1. The van der Waals surface area contributed by atoms with Crippen molar-refractivity contribution in [2.75, 3.05) is 12.8 Å². The summed E-state index contributed by atoms with van der Waals surface area (Å²) in [5.41, 5.74) is 9.35. The lowest BCUT2D eigenvalue weighted by molar-refractivity contribution is 0.0964. The first kappa shape index (κ1) is 24.6. The van der Waals surface area contributed by atoms with Gasteiger partial charge in [-0.05, 0) is 25.1 Å². The Kier molecular flexibility index (Phi) is 8.12. The molecule has 0 saturated heterocycles. The Balaban J connectivity index is 0.000000860. The number of nitrogen functional groups attached to an aromatic ring is 1. The van der Waals surface area contributed by atoms with Crippen LogP contribution in [0.15, 0.2) is 36.7 Å². The molecule has 7 nitrogen and oxygen atoms in total. The molecule has 3 aromatic heterocycles. The van der Waals surface area contributed by atoms with E-state index in [1.165, 1.54) is 19.3 Å². The van der Waals surface area contributed by atoms with Crippen molar-refractivity contribution in [3.63, 3.8) is 0 Å². The predicted molar refractivity (Wildman–Crippen MR) is 129 cm³/mol. The van der Waals surface area contributed by atoms with Crippen LogP contribution in [0.2, 0.25) is 0 Å². The third kappa shape index (κ3) is 4.49. The first-order chi connectivity index (χ1) is 15.4. The average Bonchev–Trinajstić information content (AvgIpc) is 3.41. The molecular formula is C24H31FN6O. The van der Waals surface area contributed by atoms with Gasteiger partial charge < -0.3 is 20.6 Å². The number of nitrogens with two attached hydrogens (primary N) is 1. The van der Waals surface area contributed by atoms with Gasteiger partial charge in [-0.25, -0.2) is 14.4 Å². The maximum atomic E-state index is 14.9. The molecule has 0 atom stereocenters. The highest BCUT2D eigenvalue weighted by atomic mass is 19.1. The fourth-order valence-electron chi connectivity index (χ4n) is 3.23. The lowest BCUT2D eigenvalue weighted by Crippen LogP contribution is -2.18. The first-order valence-corrected chi connectivity index (χ1v) is 10.7. The van der Waals surface area contributed by atoms with Gasteiger partial charge in [0.1, 0.15) is 17.5 Å². The number of pyridine rings is 1. The zero-order chi connectivity index (χ0) is 24.0. The molecule has 0 aliphatic carbocycles. The minimum atomic E-state index is -0.405. The van der Waals surface area contributed by atoms with Crippen molar-refractivity contribution in [2.24, 2.45) is 7.05 Å². The second-order valence-corrected chi connectivity index (χ2v) is 6.58. The monoisotopic (exact) mass is 438 g/mol. The Morgan fingerprint density at radius 3 is 2.38 bits per heavy atom. The number of fused-ring (bicyclic) bond motifs is 1. The minimum absolute atomic E-state index is 0.245. The van der Waals surface area contributed by atoms with Gasteiger partial charge in [0.2, 0.25) is 0 Å². The molecule has 170 valence electrons. The van der Waals surface area contributed by atoms with Crippen molar-refractivity contribution in [1.29, 1.82) is 0 Å². The fraction of sp³-hybridized carbons (Fsp3) is 0.292. The fourth-order valence-corrected chi connectivity index (χ4v) is 3.23. The third-order valence-electron chi connectivity index (χ3n) is 4.91. The molecule has 0 aliphatic heterocycles. The molecule has 8 heteroatoms. The number of hydrogen-bond donors (Lipinski definition) is 3. The summed E-state index contributed by atoms with van der Waals surface area (Å²) in [6.07, 6.45) is 3.16. The van der Waals surface area contributed by atoms with E-state index in [1.807, 2.05) is 52.3 Å². The standard InChI is InChI=1S/C20H19FN6O.2C2H6/c1-10-8-25-19(27(10)3)11-4-5-12(15(21)6-11)16-7-13-14(20(28)23-2)9-24-18(22)17(13)26-16;2*1-2/h4-9,26H,1-3H3,(H2,22,24)(H,23,28);2*1-2H3. The van der Waals surface area contributed by atoms with Crippen LogP contribution >= 0.6 is 0 Å². The number of imidazole rings is 1. The Morgan fingerprint density at radius 2 is 1.81 bits per heavy atom. The van der Waals surface area contributed by atoms with Crippen LogP contribution in [0.25, 0.3) is 33.5 Å². The van der Waals surface area contributed by atoms with Gasteiger partial charge in [-0.1, -0.05) is 33.8 Å². The van der Waals surface area contributed by atoms with Crippen LogP contribution in [-0.2, 0) is 7.05 Å². The largest absolute Gasteiger partial charge is 0.382 e. The van der Waals surface area contributed by atoms with E-state index in [4.69, 9.17) is 5.73 Å². The molecule has 4 aromatic rings. The number of nitrogens with one attached hydrogen (secondary N) is 2. The number of anilines is 1. The number of hydrogen-bond acceptors (Lipinski definition) is 4. The lowest BCUT2D eigenvalue weighted by atomic mass is 10.1. The Morgan fingerprint density at radius 1 is 1.12 bits per heavy atom. The summed E-state index contributed by atoms with van der Waals surface area (Å²) in [5.74, 6) is 0.242. The Hall–Kier alpha value is -3.68. The molecule has 0 aliphatic rings. The summed E-state index contributed by atoms with van der Waals surface area (Å²) in [6.45, 7) is 9.94. The number of benzene rings is 1. The number of aromatic amines is 1. The smallest absolute Gasteiger partial charge is 0.253 e. The number of H-pyrrole nitrogens is 1. The van der Waals surface area contributed by atoms with E-state index in [1.54, 1.807) is 18.3 Å². The van der Waals surface area contributed by atoms with Crippen LogP contribution < -0.4 is 11.1 Å². The second kappa shape index (κ2) is 10.6. The van der Waals surface area contributed by atoms with Crippen LogP contribution in [0.3, 0.4) is 0 Å². The topological polar surface area (TPSA) is 102 Å². The van der Waals surface area contributed by atoms with Crippen molar-refractivity contribution < 1.29 is 9.18 Å². The summed E-state index contributed by atoms with van der Waals surface area (Å²) < 4.78 is 16.8. The molecule has 0 bridgehead atoms. The quantitative estimate of drug-likeness (QED) is 0.415. The SMILES string of the molecule is CC.CC.CNC(=O)c1cnc(N)c2[nH]c(-c3ccc(-c4ncc(C)n4C)cc3F)cc12. The van der Waals surface area contributed by atoms with Gasteiger partial charge in [-0.15, -0.1) is 0 Å². The zero-order valence-electron chi connectivity index (χ0n) is 19.7. The highest BCUT2D eigenvalue weighted by Crippen LogP contribution is 2.32. The molecule has 0 radical (unpaired) electrons. The molecule has 0 unspecified atom stereocenters. The van der Waals surface area contributed by atoms with E-state index in [9.17, 15) is 9.18 Å². The molecule has 0 spiro atoms. The van der Waals surface area contributed by atoms with Crippen LogP contribution in [0.4, 0.5) is 10.2 Å². The van der Waals surface area contributed by atoms with Gasteiger partial charge in [0.15, 0.2) is 0 Å². The number of aromatic nitrogens is 4. The van der Waals surface area contributed by atoms with Crippen molar-refractivity contribution >= 4 is 22.6 Å². The number of rotatable bonds is 3. The maximum absolute atomic E-state index is 14.9. The highest BCUT2D eigenvalue weighted by molar-refractivity contribution is 6.09. The van der Waals surface area contributed by atoms with E-state index < -0.39 is 5.82 Å². The first-order valence-electron chi connectivity index (χ1n) is 10.7. The van der Waals surface area contributed by atoms with E-state index in [-0.39, 0.29) is 11.7 Å². The maximum Gasteiger partial charge on any atom is 0.253 e. The number of halogens is 1. The van der Waals surface area contributed by atoms with E-state index >= 15 is 0 Å².